The first-order chi connectivity index (χ1) is 64.0. The van der Waals surface area contributed by atoms with E-state index in [1.165, 1.54) is 37.5 Å². The number of carbonyl (C=O) groups excluding carboxylic acids is 12. The van der Waals surface area contributed by atoms with Gasteiger partial charge in [-0.1, -0.05) is 84.5 Å². The van der Waals surface area contributed by atoms with Gasteiger partial charge in [-0.15, -0.1) is 0 Å². The number of carboxylic acid groups (broad SMARTS) is 6. The Hall–Kier alpha value is -11.1. The van der Waals surface area contributed by atoms with Gasteiger partial charge in [-0.3, -0.25) is 67.1 Å². The van der Waals surface area contributed by atoms with Gasteiger partial charge in [-0.05, 0) is 145 Å². The summed E-state index contributed by atoms with van der Waals surface area (Å²) in [6, 6.07) is 7.82. The summed E-state index contributed by atoms with van der Waals surface area (Å²) in [6.45, 7) is 5.63. The lowest BCUT2D eigenvalue weighted by Gasteiger charge is -2.26. The number of benzene rings is 2. The summed E-state index contributed by atoms with van der Waals surface area (Å²) in [5, 5.41) is 73.1. The molecule has 1 heterocycles. The van der Waals surface area contributed by atoms with E-state index >= 15 is 0 Å². The number of hydrogen-bond donors (Lipinski definition) is 14. The highest BCUT2D eigenvalue weighted by Gasteiger charge is 2.35. The third-order valence-corrected chi connectivity index (χ3v) is 22.4. The number of unbranched alkanes of at least 4 members (excludes halogenated alkanes) is 14. The van der Waals surface area contributed by atoms with Crippen LogP contribution in [0.1, 0.15) is 278 Å². The second-order valence-electron chi connectivity index (χ2n) is 34.2. The van der Waals surface area contributed by atoms with Crippen LogP contribution in [0.25, 0.3) is 0 Å². The number of H-pyrrole nitrogens is 1. The fourth-order valence-electron chi connectivity index (χ4n) is 14.2. The van der Waals surface area contributed by atoms with Crippen molar-refractivity contribution in [2.45, 2.75) is 283 Å². The number of hydrogen-bond acceptors (Lipinski definition) is 27. The third-order valence-electron chi connectivity index (χ3n) is 22.4. The first-order valence-corrected chi connectivity index (χ1v) is 46.7. The van der Waals surface area contributed by atoms with Crippen LogP contribution in [0.5, 0.6) is 11.5 Å². The Labute approximate surface area is 782 Å². The van der Waals surface area contributed by atoms with Gasteiger partial charge >= 0.3 is 35.8 Å². The molecule has 0 aliphatic rings. The number of amides is 5. The van der Waals surface area contributed by atoms with Crippen molar-refractivity contribution in [3.63, 3.8) is 0 Å². The monoisotopic (exact) mass is 1890 g/mol. The highest BCUT2D eigenvalue weighted by atomic mass is 16.5. The molecule has 2 aromatic carbocycles. The molecule has 0 fully saturated rings. The van der Waals surface area contributed by atoms with Gasteiger partial charge in [0.25, 0.3) is 0 Å². The summed E-state index contributed by atoms with van der Waals surface area (Å²) >= 11 is 0. The number of nitrogens with zero attached hydrogens (tertiary/aromatic N) is 1. The molecule has 134 heavy (non-hydrogen) atoms. The number of ketones is 7. The lowest BCUT2D eigenvalue weighted by Crippen LogP contribution is -2.45. The molecule has 0 unspecified atom stereocenters. The standard InChI is InChI=1S/C95H143N9O30/c1-65(105)68(23-16-18-44-98-87(115)63-132-54-52-130-50-46-100-84(112)42-32-69(91(121)122)56-74(108)35-41-80(94(127)128)103-85(113)27-15-11-7-5-9-13-21-49-134-76-38-30-67(31-39-76)90(119)120)57-81(109)78(101-61-83(111)95(2,3)59-82(110)77(96)58-71-60-97-64-102-71)26-17-19-45-99-88(116)62-131-53-51-129-47-22-25-72(106)34-40-79(93(125)126)104-86(114)43-33-70(92(123)124)55-73(107)24-14-10-6-4-8-12-20-48-133-75-36-28-66(29-37-75)89(117)118/h28-31,36-39,60,64,68-70,77-80,101H,4-27,32-35,40-59,61-63,96H2,1-3H3,(H,97,102)(H,98,115)(H,99,116)(H,100,112)(H,103,113)(H,104,114)(H,117,118)(H,119,120)(H,121,122)(H,123,124)(H,125,126)(H,127,128)/t68-,69-,70-,77+,78+,79+,80+/m1/s1. The molecule has 3 aromatic rings. The van der Waals surface area contributed by atoms with Gasteiger partial charge in [0.2, 0.25) is 29.5 Å². The van der Waals surface area contributed by atoms with Crippen LogP contribution in [-0.2, 0) is 102 Å². The maximum atomic E-state index is 14.1. The number of aromatic amines is 1. The van der Waals surface area contributed by atoms with Crippen LogP contribution in [0.4, 0.5) is 0 Å². The van der Waals surface area contributed by atoms with Crippen LogP contribution in [0, 0.1) is 23.2 Å². The molecule has 39 heteroatoms. The van der Waals surface area contributed by atoms with E-state index in [1.807, 2.05) is 0 Å². The number of aromatic carboxylic acids is 2. The highest BCUT2D eigenvalue weighted by molar-refractivity contribution is 5.95. The average Bonchev–Trinajstić information content (AvgIpc) is 1.29. The summed E-state index contributed by atoms with van der Waals surface area (Å²) in [6.07, 6.45) is 14.9. The second kappa shape index (κ2) is 69.7. The molecule has 5 amide bonds. The summed E-state index contributed by atoms with van der Waals surface area (Å²) in [7, 11) is 0. The van der Waals surface area contributed by atoms with Crippen molar-refractivity contribution in [2.75, 3.05) is 92.2 Å². The van der Waals surface area contributed by atoms with E-state index in [1.54, 1.807) is 44.3 Å². The van der Waals surface area contributed by atoms with Gasteiger partial charge in [0.15, 0.2) is 11.6 Å². The van der Waals surface area contributed by atoms with E-state index in [2.05, 4.69) is 41.9 Å². The third kappa shape index (κ3) is 56.2. The quantitative estimate of drug-likeness (QED) is 0.0236. The molecule has 1 aromatic heterocycles. The minimum atomic E-state index is -1.41. The van der Waals surface area contributed by atoms with Crippen molar-refractivity contribution in [1.82, 2.24) is 41.9 Å². The van der Waals surface area contributed by atoms with Crippen molar-refractivity contribution >= 4 is 106 Å². The van der Waals surface area contributed by atoms with Gasteiger partial charge in [-0.25, -0.2) is 24.2 Å². The van der Waals surface area contributed by atoms with Crippen LogP contribution in [0.2, 0.25) is 0 Å². The average molecular weight is 1890 g/mol. The molecule has 0 saturated carbocycles. The van der Waals surface area contributed by atoms with E-state index in [9.17, 15) is 107 Å². The van der Waals surface area contributed by atoms with Crippen molar-refractivity contribution < 1.29 is 145 Å². The van der Waals surface area contributed by atoms with Crippen LogP contribution >= 0.6 is 0 Å². The minimum absolute atomic E-state index is 0.0264. The number of aromatic nitrogens is 2. The summed E-state index contributed by atoms with van der Waals surface area (Å²) < 4.78 is 33.2. The Kier molecular flexibility index (Phi) is 60.8. The van der Waals surface area contributed by atoms with Crippen molar-refractivity contribution in [2.24, 2.45) is 28.9 Å². The molecule has 7 atom stereocenters. The van der Waals surface area contributed by atoms with Gasteiger partial charge in [0, 0.05) is 127 Å². The Morgan fingerprint density at radius 1 is 0.396 bits per heavy atom. The largest absolute Gasteiger partial charge is 0.494 e. The molecule has 0 radical (unpaired) electrons. The lowest BCUT2D eigenvalue weighted by atomic mass is 9.81. The Balaban J connectivity index is 1.29. The number of carboxylic acids is 6. The maximum Gasteiger partial charge on any atom is 0.335 e. The van der Waals surface area contributed by atoms with Gasteiger partial charge in [0.05, 0.1) is 94.2 Å². The van der Waals surface area contributed by atoms with Crippen LogP contribution in [0.3, 0.4) is 0 Å². The lowest BCUT2D eigenvalue weighted by molar-refractivity contribution is -0.145. The molecule has 0 aliphatic carbocycles. The van der Waals surface area contributed by atoms with Crippen molar-refractivity contribution in [1.29, 1.82) is 0 Å². The summed E-state index contributed by atoms with van der Waals surface area (Å²) in [4.78, 5) is 232. The van der Waals surface area contributed by atoms with E-state index in [-0.39, 0.29) is 234 Å². The van der Waals surface area contributed by atoms with Gasteiger partial charge in [0.1, 0.15) is 65.7 Å². The Morgan fingerprint density at radius 2 is 0.836 bits per heavy atom. The zero-order chi connectivity index (χ0) is 98.9. The Bertz CT molecular complexity index is 4110. The van der Waals surface area contributed by atoms with Gasteiger partial charge < -0.3 is 102 Å². The Morgan fingerprint density at radius 3 is 1.32 bits per heavy atom. The zero-order valence-electron chi connectivity index (χ0n) is 77.9. The van der Waals surface area contributed by atoms with E-state index in [0.717, 1.165) is 77.0 Å². The van der Waals surface area contributed by atoms with E-state index in [4.69, 9.17) is 44.4 Å². The molecule has 0 bridgehead atoms. The predicted octanol–water partition coefficient (Wildman–Crippen LogP) is 8.44. The highest BCUT2D eigenvalue weighted by Crippen LogP contribution is 2.26. The number of carbonyl (C=O) groups is 18. The zero-order valence-corrected chi connectivity index (χ0v) is 77.9. The minimum Gasteiger partial charge on any atom is -0.494 e. The summed E-state index contributed by atoms with van der Waals surface area (Å²) in [5.74, 6) is -14.0. The molecule has 0 spiro atoms. The molecule has 0 saturated heterocycles. The number of Topliss-reactive ketones (excluding diaryl/α,β-unsaturated/α-hetero) is 7. The fraction of sp³-hybridized carbons (Fsp3) is 0.653. The normalized spacial score (nSPS) is 12.9. The molecule has 0 aliphatic heterocycles. The van der Waals surface area contributed by atoms with Crippen LogP contribution in [-0.4, -0.2) is 263 Å². The number of aliphatic carboxylic acids is 4. The predicted molar refractivity (Wildman–Crippen MR) is 488 cm³/mol. The number of ether oxygens (including phenoxy) is 6. The van der Waals surface area contributed by atoms with E-state index in [0.29, 0.717) is 75.4 Å². The number of nitrogens with one attached hydrogen (secondary N) is 7. The van der Waals surface area contributed by atoms with Crippen molar-refractivity contribution in [3.8, 4) is 11.5 Å². The van der Waals surface area contributed by atoms with E-state index < -0.39 is 125 Å². The smallest absolute Gasteiger partial charge is 0.335 e. The fourth-order valence-corrected chi connectivity index (χ4v) is 14.2. The molecule has 15 N–H and O–H groups in total. The number of imidazole rings is 1. The molecule has 3 rings (SSSR count). The first kappa shape index (κ1) is 117. The summed E-state index contributed by atoms with van der Waals surface area (Å²) in [5.41, 5.74) is 6.04. The first-order valence-electron chi connectivity index (χ1n) is 46.7. The van der Waals surface area contributed by atoms with Crippen LogP contribution in [0.15, 0.2) is 61.1 Å². The molecule has 748 valence electrons. The second-order valence-corrected chi connectivity index (χ2v) is 34.2. The molecule has 39 nitrogen and oxygen atoms in total. The topological polar surface area (TPSA) is 611 Å². The number of nitrogens with two attached hydrogens (primary N) is 1. The molecular formula is C95H143N9O30. The SMILES string of the molecule is CC(=O)[C@H](CCCCNC(=O)COCCOCCNC(=O)CC[C@H](CC(=O)CC[C@H](NC(=O)CCCCCCCCCOc1ccc(C(=O)O)cc1)C(=O)O)C(=O)O)CC(=O)[C@H](CCCCNC(=O)COCCOCCCC(=O)CC[C@H](NC(=O)CC[C@H](CC(=O)CCCCCCCCCOc1ccc(C(=O)O)cc1)C(=O)O)C(=O)O)NCC(=O)C(C)(C)CC(=O)[C@@H](N)Cc1cnc[nH]1. The van der Waals surface area contributed by atoms with Crippen molar-refractivity contribution in [3.05, 3.63) is 77.9 Å². The van der Waals surface area contributed by atoms with Gasteiger partial charge in [-0.2, -0.15) is 0 Å². The molecular weight excluding hydrogens is 1750 g/mol. The maximum absolute atomic E-state index is 14.1. The van der Waals surface area contributed by atoms with Crippen LogP contribution < -0.4 is 47.1 Å². The number of rotatable bonds is 86.